The molecule has 1 fully saturated rings. The van der Waals surface area contributed by atoms with Crippen molar-refractivity contribution in [3.05, 3.63) is 0 Å². The summed E-state index contributed by atoms with van der Waals surface area (Å²) in [5.41, 5.74) is 0. The van der Waals surface area contributed by atoms with Gasteiger partial charge in [0.1, 0.15) is 0 Å². The van der Waals surface area contributed by atoms with Crippen LogP contribution in [-0.4, -0.2) is 50.8 Å². The Morgan fingerprint density at radius 1 is 1.10 bits per heavy atom. The highest BCUT2D eigenvalue weighted by atomic mass is 16.5. The van der Waals surface area contributed by atoms with E-state index in [0.29, 0.717) is 12.0 Å². The lowest BCUT2D eigenvalue weighted by molar-refractivity contribution is 0.158. The van der Waals surface area contributed by atoms with E-state index < -0.39 is 0 Å². The molecule has 2 unspecified atom stereocenters. The van der Waals surface area contributed by atoms with Gasteiger partial charge in [-0.25, -0.2) is 0 Å². The first kappa shape index (κ1) is 17.9. The molecule has 0 spiro atoms. The van der Waals surface area contributed by atoms with Crippen molar-refractivity contribution in [1.29, 1.82) is 0 Å². The molecule has 120 valence electrons. The van der Waals surface area contributed by atoms with Crippen LogP contribution in [0.2, 0.25) is 0 Å². The van der Waals surface area contributed by atoms with E-state index in [-0.39, 0.29) is 0 Å². The second-order valence-corrected chi connectivity index (χ2v) is 7.18. The van der Waals surface area contributed by atoms with Gasteiger partial charge in [-0.3, -0.25) is 0 Å². The molecule has 1 heterocycles. The van der Waals surface area contributed by atoms with Crippen molar-refractivity contribution in [3.63, 3.8) is 0 Å². The molecule has 2 atom stereocenters. The van der Waals surface area contributed by atoms with E-state index in [2.05, 4.69) is 45.0 Å². The van der Waals surface area contributed by atoms with Gasteiger partial charge in [0.05, 0.1) is 6.61 Å². The fourth-order valence-electron chi connectivity index (χ4n) is 2.80. The van der Waals surface area contributed by atoms with Crippen molar-refractivity contribution in [2.75, 3.05) is 39.9 Å². The van der Waals surface area contributed by atoms with Gasteiger partial charge in [-0.2, -0.15) is 0 Å². The van der Waals surface area contributed by atoms with Crippen molar-refractivity contribution in [3.8, 4) is 0 Å². The SMILES string of the molecule is CNC(CN(CCC(C)C)CCC(C)C)C1CCOC1. The number of rotatable bonds is 10. The maximum Gasteiger partial charge on any atom is 0.0510 e. The predicted molar refractivity (Wildman–Crippen MR) is 87.1 cm³/mol. The van der Waals surface area contributed by atoms with E-state index in [0.717, 1.165) is 25.0 Å². The second-order valence-electron chi connectivity index (χ2n) is 7.18. The Morgan fingerprint density at radius 3 is 2.10 bits per heavy atom. The van der Waals surface area contributed by atoms with Gasteiger partial charge >= 0.3 is 0 Å². The topological polar surface area (TPSA) is 24.5 Å². The first-order valence-corrected chi connectivity index (χ1v) is 8.50. The van der Waals surface area contributed by atoms with E-state index >= 15 is 0 Å². The monoisotopic (exact) mass is 284 g/mol. The van der Waals surface area contributed by atoms with Gasteiger partial charge < -0.3 is 15.0 Å². The summed E-state index contributed by atoms with van der Waals surface area (Å²) in [7, 11) is 2.10. The van der Waals surface area contributed by atoms with Crippen LogP contribution in [0.4, 0.5) is 0 Å². The molecule has 1 N–H and O–H groups in total. The quantitative estimate of drug-likeness (QED) is 0.667. The highest BCUT2D eigenvalue weighted by molar-refractivity contribution is 4.81. The molecular formula is C17H36N2O. The lowest BCUT2D eigenvalue weighted by atomic mass is 9.98. The Kier molecular flexibility index (Phi) is 8.74. The third-order valence-electron chi connectivity index (χ3n) is 4.40. The molecule has 0 saturated carbocycles. The molecule has 0 radical (unpaired) electrons. The summed E-state index contributed by atoms with van der Waals surface area (Å²) in [5, 5.41) is 3.53. The normalized spacial score (nSPS) is 21.3. The fourth-order valence-corrected chi connectivity index (χ4v) is 2.80. The summed E-state index contributed by atoms with van der Waals surface area (Å²) in [6.07, 6.45) is 3.82. The number of nitrogens with one attached hydrogen (secondary N) is 1. The number of hydrogen-bond acceptors (Lipinski definition) is 3. The third kappa shape index (κ3) is 7.05. The van der Waals surface area contributed by atoms with Crippen LogP contribution < -0.4 is 5.32 Å². The zero-order chi connectivity index (χ0) is 15.0. The lowest BCUT2D eigenvalue weighted by Gasteiger charge is -2.31. The predicted octanol–water partition coefficient (Wildman–Crippen LogP) is 3.01. The molecule has 0 aliphatic carbocycles. The summed E-state index contributed by atoms with van der Waals surface area (Å²) < 4.78 is 5.56. The zero-order valence-corrected chi connectivity index (χ0v) is 14.3. The summed E-state index contributed by atoms with van der Waals surface area (Å²) in [6.45, 7) is 14.8. The summed E-state index contributed by atoms with van der Waals surface area (Å²) in [4.78, 5) is 2.67. The largest absolute Gasteiger partial charge is 0.381 e. The first-order chi connectivity index (χ1) is 9.52. The van der Waals surface area contributed by atoms with Crippen LogP contribution >= 0.6 is 0 Å². The number of nitrogens with zero attached hydrogens (tertiary/aromatic N) is 1. The van der Waals surface area contributed by atoms with Crippen LogP contribution in [0.25, 0.3) is 0 Å². The lowest BCUT2D eigenvalue weighted by Crippen LogP contribution is -2.45. The van der Waals surface area contributed by atoms with Crippen molar-refractivity contribution in [1.82, 2.24) is 10.2 Å². The van der Waals surface area contributed by atoms with Crippen molar-refractivity contribution >= 4 is 0 Å². The molecule has 0 bridgehead atoms. The molecule has 1 rings (SSSR count). The zero-order valence-electron chi connectivity index (χ0n) is 14.3. The molecular weight excluding hydrogens is 248 g/mol. The molecule has 1 saturated heterocycles. The van der Waals surface area contributed by atoms with Gasteiger partial charge in [0, 0.05) is 25.1 Å². The average Bonchev–Trinajstić information content (AvgIpc) is 2.91. The standard InChI is InChI=1S/C17H36N2O/c1-14(2)6-9-19(10-7-15(3)4)12-17(18-5)16-8-11-20-13-16/h14-18H,6-13H2,1-5H3. The third-order valence-corrected chi connectivity index (χ3v) is 4.40. The highest BCUT2D eigenvalue weighted by Gasteiger charge is 2.26. The van der Waals surface area contributed by atoms with Crippen LogP contribution in [0.1, 0.15) is 47.0 Å². The molecule has 0 aromatic heterocycles. The van der Waals surface area contributed by atoms with Crippen LogP contribution in [0, 0.1) is 17.8 Å². The smallest absolute Gasteiger partial charge is 0.0510 e. The van der Waals surface area contributed by atoms with Crippen LogP contribution in [-0.2, 0) is 4.74 Å². The van der Waals surface area contributed by atoms with Crippen molar-refractivity contribution in [2.24, 2.45) is 17.8 Å². The van der Waals surface area contributed by atoms with Gasteiger partial charge in [0.15, 0.2) is 0 Å². The van der Waals surface area contributed by atoms with Gasteiger partial charge in [-0.1, -0.05) is 27.7 Å². The van der Waals surface area contributed by atoms with E-state index in [1.807, 2.05) is 0 Å². The highest BCUT2D eigenvalue weighted by Crippen LogP contribution is 2.18. The molecule has 0 amide bonds. The first-order valence-electron chi connectivity index (χ1n) is 8.50. The molecule has 1 aliphatic rings. The summed E-state index contributed by atoms with van der Waals surface area (Å²) in [6, 6.07) is 0.580. The Morgan fingerprint density at radius 2 is 1.70 bits per heavy atom. The van der Waals surface area contributed by atoms with E-state index in [1.54, 1.807) is 0 Å². The molecule has 20 heavy (non-hydrogen) atoms. The van der Waals surface area contributed by atoms with Gasteiger partial charge in [0.25, 0.3) is 0 Å². The summed E-state index contributed by atoms with van der Waals surface area (Å²) >= 11 is 0. The minimum Gasteiger partial charge on any atom is -0.381 e. The molecule has 1 aliphatic heterocycles. The Balaban J connectivity index is 2.46. The number of hydrogen-bond donors (Lipinski definition) is 1. The van der Waals surface area contributed by atoms with Gasteiger partial charge in [-0.05, 0) is 51.2 Å². The molecule has 3 heteroatoms. The average molecular weight is 284 g/mol. The maximum atomic E-state index is 5.56. The Hall–Kier alpha value is -0.120. The van der Waals surface area contributed by atoms with E-state index in [4.69, 9.17) is 4.74 Å². The number of likely N-dealkylation sites (N-methyl/N-ethyl adjacent to an activating group) is 1. The fraction of sp³-hybridized carbons (Fsp3) is 1.00. The molecule has 0 aromatic carbocycles. The Labute approximate surface area is 126 Å². The minimum atomic E-state index is 0.580. The van der Waals surface area contributed by atoms with E-state index in [9.17, 15) is 0 Å². The minimum absolute atomic E-state index is 0.580. The van der Waals surface area contributed by atoms with Crippen LogP contribution in [0.15, 0.2) is 0 Å². The maximum absolute atomic E-state index is 5.56. The van der Waals surface area contributed by atoms with Gasteiger partial charge in [0.2, 0.25) is 0 Å². The molecule has 3 nitrogen and oxygen atoms in total. The second kappa shape index (κ2) is 9.75. The van der Waals surface area contributed by atoms with Gasteiger partial charge in [-0.15, -0.1) is 0 Å². The number of ether oxygens (including phenoxy) is 1. The molecule has 0 aromatic rings. The van der Waals surface area contributed by atoms with Crippen molar-refractivity contribution < 1.29 is 4.74 Å². The Bertz CT molecular complexity index is 225. The van der Waals surface area contributed by atoms with Crippen LogP contribution in [0.5, 0.6) is 0 Å². The van der Waals surface area contributed by atoms with Crippen LogP contribution in [0.3, 0.4) is 0 Å². The van der Waals surface area contributed by atoms with Crippen molar-refractivity contribution in [2.45, 2.75) is 53.0 Å². The van der Waals surface area contributed by atoms with E-state index in [1.165, 1.54) is 38.9 Å². The summed E-state index contributed by atoms with van der Waals surface area (Å²) in [5.74, 6) is 2.28.